The van der Waals surface area contributed by atoms with Gasteiger partial charge in [-0.05, 0) is 64.0 Å². The number of nitrogens with zero attached hydrogens (tertiary/aromatic N) is 2. The van der Waals surface area contributed by atoms with Crippen molar-refractivity contribution in [2.45, 2.75) is 19.3 Å². The zero-order valence-electron chi connectivity index (χ0n) is 22.9. The van der Waals surface area contributed by atoms with Gasteiger partial charge in [0.05, 0.1) is 22.8 Å². The number of para-hydroxylation sites is 2. The maximum Gasteiger partial charge on any atom is 0.262 e. The molecule has 5 aromatic rings. The largest absolute Gasteiger partial charge is 0.493 e. The third-order valence-electron chi connectivity index (χ3n) is 7.31. The molecule has 5 nitrogen and oxygen atoms in total. The van der Waals surface area contributed by atoms with E-state index in [2.05, 4.69) is 33.0 Å². The molecule has 0 fully saturated rings. The Bertz CT molecular complexity index is 1710. The third kappa shape index (κ3) is 5.48. The van der Waals surface area contributed by atoms with Gasteiger partial charge in [-0.1, -0.05) is 90.5 Å². The number of carbonyl (C=O) groups is 1. The van der Waals surface area contributed by atoms with E-state index in [1.54, 1.807) is 7.11 Å². The molecule has 1 aliphatic rings. The highest BCUT2D eigenvalue weighted by atomic mass is 79.9. The first kappa shape index (κ1) is 27.9. The van der Waals surface area contributed by atoms with Crippen LogP contribution in [0, 0.1) is 0 Å². The maximum absolute atomic E-state index is 14.2. The Kier molecular flexibility index (Phi) is 8.17. The molecule has 7 heteroatoms. The molecule has 1 aliphatic heterocycles. The number of methoxy groups -OCH3 is 1. The molecule has 1 amide bonds. The van der Waals surface area contributed by atoms with E-state index >= 15 is 0 Å². The first-order valence-electron chi connectivity index (χ1n) is 13.6. The summed E-state index contributed by atoms with van der Waals surface area (Å²) in [5.74, 6) is 1.04. The number of amides is 1. The molecule has 1 heterocycles. The zero-order valence-corrected chi connectivity index (χ0v) is 25.3. The van der Waals surface area contributed by atoms with Gasteiger partial charge in [0.15, 0.2) is 11.5 Å². The van der Waals surface area contributed by atoms with Crippen LogP contribution in [0.25, 0.3) is 0 Å². The number of rotatable bonds is 8. The Morgan fingerprint density at radius 3 is 2.24 bits per heavy atom. The van der Waals surface area contributed by atoms with Gasteiger partial charge in [0.2, 0.25) is 0 Å². The predicted octanol–water partition coefficient (Wildman–Crippen LogP) is 9.06. The van der Waals surface area contributed by atoms with E-state index < -0.39 is 6.17 Å². The van der Waals surface area contributed by atoms with Crippen molar-refractivity contribution in [1.82, 2.24) is 0 Å². The molecule has 42 heavy (non-hydrogen) atoms. The molecule has 6 rings (SSSR count). The standard InChI is InChI=1S/C35H28BrClN2O3/c1-41-32-21-26(20-29(36)33(32)42-23-25-14-8-10-18-30(25)37)34-38(22-24-12-4-2-5-13-24)31-19-11-9-17-28(31)35(40)39(34)27-15-6-3-7-16-27/h2-21,34H,22-23H2,1H3/t34-/m0/s1. The lowest BCUT2D eigenvalue weighted by atomic mass is 9.98. The number of anilines is 2. The second-order valence-electron chi connectivity index (χ2n) is 9.93. The SMILES string of the molecule is COc1cc([C@H]2N(Cc3ccccc3)c3ccccc3C(=O)N2c2ccccc2)cc(Br)c1OCc1ccccc1Cl. The highest BCUT2D eigenvalue weighted by Crippen LogP contribution is 2.46. The van der Waals surface area contributed by atoms with E-state index in [1.165, 1.54) is 0 Å². The minimum absolute atomic E-state index is 0.0692. The van der Waals surface area contributed by atoms with Crippen LogP contribution in [0.3, 0.4) is 0 Å². The minimum Gasteiger partial charge on any atom is -0.493 e. The number of carbonyl (C=O) groups excluding carboxylic acids is 1. The first-order valence-corrected chi connectivity index (χ1v) is 14.7. The summed E-state index contributed by atoms with van der Waals surface area (Å²) >= 11 is 10.1. The average molecular weight is 640 g/mol. The molecule has 210 valence electrons. The van der Waals surface area contributed by atoms with E-state index in [9.17, 15) is 4.79 Å². The van der Waals surface area contributed by atoms with Crippen LogP contribution in [0.15, 0.2) is 126 Å². The van der Waals surface area contributed by atoms with Gasteiger partial charge in [-0.3, -0.25) is 9.69 Å². The average Bonchev–Trinajstić information content (AvgIpc) is 3.03. The van der Waals surface area contributed by atoms with Gasteiger partial charge in [0.25, 0.3) is 5.91 Å². The summed E-state index contributed by atoms with van der Waals surface area (Å²) in [6, 6.07) is 39.4. The Morgan fingerprint density at radius 1 is 0.833 bits per heavy atom. The molecular weight excluding hydrogens is 612 g/mol. The molecular formula is C35H28BrClN2O3. The summed E-state index contributed by atoms with van der Waals surface area (Å²) in [4.78, 5) is 18.3. The lowest BCUT2D eigenvalue weighted by molar-refractivity contribution is 0.0968. The number of benzene rings is 5. The van der Waals surface area contributed by atoms with Crippen molar-refractivity contribution in [3.05, 3.63) is 153 Å². The van der Waals surface area contributed by atoms with Crippen molar-refractivity contribution in [1.29, 1.82) is 0 Å². The molecule has 1 atom stereocenters. The van der Waals surface area contributed by atoms with Crippen molar-refractivity contribution in [3.8, 4) is 11.5 Å². The summed E-state index contributed by atoms with van der Waals surface area (Å²) in [6.07, 6.45) is -0.474. The van der Waals surface area contributed by atoms with Crippen LogP contribution in [-0.2, 0) is 13.2 Å². The summed E-state index contributed by atoms with van der Waals surface area (Å²) in [7, 11) is 1.62. The number of hydrogen-bond donors (Lipinski definition) is 0. The Labute approximate surface area is 259 Å². The van der Waals surface area contributed by atoms with E-state index in [0.717, 1.165) is 28.1 Å². The molecule has 5 aromatic carbocycles. The van der Waals surface area contributed by atoms with Crippen molar-refractivity contribution in [2.24, 2.45) is 0 Å². The molecule has 0 radical (unpaired) electrons. The summed E-state index contributed by atoms with van der Waals surface area (Å²) in [5.41, 5.74) is 5.19. The Morgan fingerprint density at radius 2 is 1.50 bits per heavy atom. The molecule has 0 saturated heterocycles. The van der Waals surface area contributed by atoms with E-state index in [-0.39, 0.29) is 12.5 Å². The van der Waals surface area contributed by atoms with Crippen molar-refractivity contribution in [3.63, 3.8) is 0 Å². The molecule has 0 unspecified atom stereocenters. The van der Waals surface area contributed by atoms with Crippen LogP contribution in [0.2, 0.25) is 5.02 Å². The van der Waals surface area contributed by atoms with Crippen LogP contribution >= 0.6 is 27.5 Å². The van der Waals surface area contributed by atoms with Gasteiger partial charge in [-0.25, -0.2) is 0 Å². The van der Waals surface area contributed by atoms with Gasteiger partial charge in [-0.2, -0.15) is 0 Å². The first-order chi connectivity index (χ1) is 20.5. The predicted molar refractivity (Wildman–Crippen MR) is 172 cm³/mol. The highest BCUT2D eigenvalue weighted by Gasteiger charge is 2.40. The zero-order chi connectivity index (χ0) is 29.1. The van der Waals surface area contributed by atoms with Crippen LogP contribution < -0.4 is 19.3 Å². The van der Waals surface area contributed by atoms with E-state index in [1.807, 2.05) is 114 Å². The number of hydrogen-bond acceptors (Lipinski definition) is 4. The van der Waals surface area contributed by atoms with Gasteiger partial charge in [0.1, 0.15) is 12.8 Å². The quantitative estimate of drug-likeness (QED) is 0.170. The lowest BCUT2D eigenvalue weighted by Gasteiger charge is -2.46. The summed E-state index contributed by atoms with van der Waals surface area (Å²) < 4.78 is 12.8. The molecule has 0 aliphatic carbocycles. The smallest absolute Gasteiger partial charge is 0.262 e. The number of halogens is 2. The van der Waals surface area contributed by atoms with Crippen LogP contribution in [0.4, 0.5) is 11.4 Å². The molecule has 0 bridgehead atoms. The fourth-order valence-electron chi connectivity index (χ4n) is 5.34. The van der Waals surface area contributed by atoms with E-state index in [4.69, 9.17) is 21.1 Å². The van der Waals surface area contributed by atoms with Gasteiger partial charge in [-0.15, -0.1) is 0 Å². The fraction of sp³-hybridized carbons (Fsp3) is 0.114. The maximum atomic E-state index is 14.2. The minimum atomic E-state index is -0.474. The van der Waals surface area contributed by atoms with Crippen molar-refractivity contribution in [2.75, 3.05) is 16.9 Å². The molecule has 0 saturated carbocycles. The van der Waals surface area contributed by atoms with Crippen molar-refractivity contribution >= 4 is 44.8 Å². The van der Waals surface area contributed by atoms with Gasteiger partial charge in [0, 0.05) is 28.4 Å². The van der Waals surface area contributed by atoms with E-state index in [0.29, 0.717) is 33.1 Å². The second kappa shape index (κ2) is 12.3. The monoisotopic (exact) mass is 638 g/mol. The fourth-order valence-corrected chi connectivity index (χ4v) is 6.10. The van der Waals surface area contributed by atoms with Gasteiger partial charge < -0.3 is 14.4 Å². The second-order valence-corrected chi connectivity index (χ2v) is 11.2. The van der Waals surface area contributed by atoms with Crippen LogP contribution in [0.1, 0.15) is 33.2 Å². The topological polar surface area (TPSA) is 42.0 Å². The third-order valence-corrected chi connectivity index (χ3v) is 8.27. The van der Waals surface area contributed by atoms with Crippen LogP contribution in [-0.4, -0.2) is 13.0 Å². The number of ether oxygens (including phenoxy) is 2. The van der Waals surface area contributed by atoms with Crippen molar-refractivity contribution < 1.29 is 14.3 Å². The Balaban J connectivity index is 1.48. The van der Waals surface area contributed by atoms with Gasteiger partial charge >= 0.3 is 0 Å². The molecule has 0 spiro atoms. The highest BCUT2D eigenvalue weighted by molar-refractivity contribution is 9.10. The summed E-state index contributed by atoms with van der Waals surface area (Å²) in [6.45, 7) is 0.864. The number of fused-ring (bicyclic) bond motifs is 1. The van der Waals surface area contributed by atoms with Crippen LogP contribution in [0.5, 0.6) is 11.5 Å². The lowest BCUT2D eigenvalue weighted by Crippen LogP contribution is -2.49. The normalized spacial score (nSPS) is 14.5. The Hall–Kier alpha value is -4.26. The molecule has 0 aromatic heterocycles. The summed E-state index contributed by atoms with van der Waals surface area (Å²) in [5, 5.41) is 0.638. The molecule has 0 N–H and O–H groups in total.